The average Bonchev–Trinajstić information content (AvgIpc) is 2.31. The number of carboxylic acid groups (broad SMARTS) is 1. The van der Waals surface area contributed by atoms with Crippen LogP contribution >= 0.6 is 0 Å². The molecule has 0 spiro atoms. The third-order valence-corrected chi connectivity index (χ3v) is 2.00. The first kappa shape index (κ1) is 10.6. The van der Waals surface area contributed by atoms with Crippen molar-refractivity contribution in [2.24, 2.45) is 7.05 Å². The van der Waals surface area contributed by atoms with Gasteiger partial charge >= 0.3 is 5.97 Å². The molecule has 0 radical (unpaired) electrons. The molecule has 0 unspecified atom stereocenters. The van der Waals surface area contributed by atoms with Gasteiger partial charge in [0, 0.05) is 7.05 Å². The van der Waals surface area contributed by atoms with Gasteiger partial charge in [0.05, 0.1) is 18.7 Å². The van der Waals surface area contributed by atoms with Crippen molar-refractivity contribution in [3.63, 3.8) is 0 Å². The number of rotatable bonds is 4. The summed E-state index contributed by atoms with van der Waals surface area (Å²) in [5.74, 6) is -0.169. The van der Waals surface area contributed by atoms with Crippen LogP contribution in [0.5, 0.6) is 5.75 Å². The van der Waals surface area contributed by atoms with Crippen LogP contribution in [-0.4, -0.2) is 27.5 Å². The molecule has 0 fully saturated rings. The zero-order chi connectivity index (χ0) is 10.7. The van der Waals surface area contributed by atoms with Crippen LogP contribution in [0.15, 0.2) is 0 Å². The Bertz CT molecular complexity index is 344. The second kappa shape index (κ2) is 4.13. The van der Waals surface area contributed by atoms with Gasteiger partial charge in [-0.15, -0.1) is 0 Å². The van der Waals surface area contributed by atoms with Gasteiger partial charge in [0.25, 0.3) is 0 Å². The average molecular weight is 198 g/mol. The van der Waals surface area contributed by atoms with Gasteiger partial charge in [-0.1, -0.05) is 0 Å². The molecule has 14 heavy (non-hydrogen) atoms. The Morgan fingerprint density at radius 3 is 2.64 bits per heavy atom. The van der Waals surface area contributed by atoms with Crippen LogP contribution < -0.4 is 4.74 Å². The van der Waals surface area contributed by atoms with E-state index in [-0.39, 0.29) is 13.0 Å². The molecule has 5 heteroatoms. The molecule has 0 aliphatic carbocycles. The van der Waals surface area contributed by atoms with Crippen molar-refractivity contribution in [3.05, 3.63) is 11.4 Å². The Morgan fingerprint density at radius 2 is 2.21 bits per heavy atom. The second-order valence-electron chi connectivity index (χ2n) is 3.12. The molecule has 0 amide bonds. The van der Waals surface area contributed by atoms with E-state index in [4.69, 9.17) is 9.84 Å². The summed E-state index contributed by atoms with van der Waals surface area (Å²) in [6.45, 7) is 3.90. The molecule has 0 saturated carbocycles. The van der Waals surface area contributed by atoms with E-state index >= 15 is 0 Å². The number of ether oxygens (including phenoxy) is 1. The highest BCUT2D eigenvalue weighted by atomic mass is 16.5. The lowest BCUT2D eigenvalue weighted by Crippen LogP contribution is -2.05. The minimum absolute atomic E-state index is 0.00771. The number of carboxylic acids is 1. The van der Waals surface area contributed by atoms with Crippen LogP contribution in [0.3, 0.4) is 0 Å². The zero-order valence-electron chi connectivity index (χ0n) is 8.57. The summed E-state index contributed by atoms with van der Waals surface area (Å²) in [4.78, 5) is 10.3. The molecule has 0 aliphatic heterocycles. The maximum absolute atomic E-state index is 10.3. The van der Waals surface area contributed by atoms with Gasteiger partial charge < -0.3 is 9.84 Å². The van der Waals surface area contributed by atoms with E-state index in [1.54, 1.807) is 4.68 Å². The Morgan fingerprint density at radius 1 is 1.57 bits per heavy atom. The van der Waals surface area contributed by atoms with Crippen LogP contribution in [0.2, 0.25) is 0 Å². The third kappa shape index (κ3) is 2.25. The summed E-state index contributed by atoms with van der Waals surface area (Å²) in [6, 6.07) is 0. The van der Waals surface area contributed by atoms with Gasteiger partial charge in [0.2, 0.25) is 0 Å². The van der Waals surface area contributed by atoms with E-state index < -0.39 is 5.97 Å². The highest BCUT2D eigenvalue weighted by Gasteiger charge is 2.10. The molecule has 0 bridgehead atoms. The summed E-state index contributed by atoms with van der Waals surface area (Å²) in [6.07, 6.45) is 0.00771. The standard InChI is InChI=1S/C9H14N2O3/c1-6-9(7(2)11(3)10-6)14-5-4-8(12)13/h4-5H2,1-3H3,(H,12,13). The Hall–Kier alpha value is -1.52. The summed E-state index contributed by atoms with van der Waals surface area (Å²) < 4.78 is 7.05. The van der Waals surface area contributed by atoms with Crippen molar-refractivity contribution in [1.82, 2.24) is 9.78 Å². The number of hydrogen-bond donors (Lipinski definition) is 1. The van der Waals surface area contributed by atoms with Crippen molar-refractivity contribution in [2.75, 3.05) is 6.61 Å². The fourth-order valence-electron chi connectivity index (χ4n) is 1.20. The summed E-state index contributed by atoms with van der Waals surface area (Å²) in [5, 5.41) is 12.6. The third-order valence-electron chi connectivity index (χ3n) is 2.00. The topological polar surface area (TPSA) is 64.4 Å². The highest BCUT2D eigenvalue weighted by Crippen LogP contribution is 2.21. The molecule has 1 rings (SSSR count). The smallest absolute Gasteiger partial charge is 0.306 e. The van der Waals surface area contributed by atoms with Gasteiger partial charge in [-0.2, -0.15) is 5.10 Å². The Balaban J connectivity index is 2.62. The summed E-state index contributed by atoms with van der Waals surface area (Å²) >= 11 is 0. The first-order valence-electron chi connectivity index (χ1n) is 4.37. The second-order valence-corrected chi connectivity index (χ2v) is 3.12. The van der Waals surface area contributed by atoms with E-state index in [2.05, 4.69) is 5.10 Å². The summed E-state index contributed by atoms with van der Waals surface area (Å²) in [5.41, 5.74) is 1.70. The molecule has 0 aromatic carbocycles. The van der Waals surface area contributed by atoms with Gasteiger partial charge in [-0.25, -0.2) is 0 Å². The molecular formula is C9H14N2O3. The SMILES string of the molecule is Cc1nn(C)c(C)c1OCCC(=O)O. The summed E-state index contributed by atoms with van der Waals surface area (Å²) in [7, 11) is 1.83. The molecular weight excluding hydrogens is 184 g/mol. The number of aliphatic carboxylic acids is 1. The Kier molecular flexibility index (Phi) is 3.11. The van der Waals surface area contributed by atoms with Gasteiger partial charge in [-0.05, 0) is 13.8 Å². The lowest BCUT2D eigenvalue weighted by atomic mass is 10.3. The molecule has 0 aliphatic rings. The first-order chi connectivity index (χ1) is 6.52. The molecule has 0 atom stereocenters. The van der Waals surface area contributed by atoms with Gasteiger partial charge in [0.15, 0.2) is 5.75 Å². The molecule has 1 aromatic heterocycles. The van der Waals surface area contributed by atoms with Crippen LogP contribution in [0.4, 0.5) is 0 Å². The van der Waals surface area contributed by atoms with Crippen LogP contribution in [0.25, 0.3) is 0 Å². The lowest BCUT2D eigenvalue weighted by Gasteiger charge is -2.03. The fraction of sp³-hybridized carbons (Fsp3) is 0.556. The van der Waals surface area contributed by atoms with Crippen molar-refractivity contribution >= 4 is 5.97 Å². The van der Waals surface area contributed by atoms with E-state index in [1.165, 1.54) is 0 Å². The van der Waals surface area contributed by atoms with E-state index in [9.17, 15) is 4.79 Å². The van der Waals surface area contributed by atoms with Gasteiger partial charge in [-0.3, -0.25) is 9.48 Å². The predicted octanol–water partition coefficient (Wildman–Crippen LogP) is 0.890. The number of hydrogen-bond acceptors (Lipinski definition) is 3. The minimum atomic E-state index is -0.857. The molecule has 1 N–H and O–H groups in total. The van der Waals surface area contributed by atoms with E-state index in [1.807, 2.05) is 20.9 Å². The van der Waals surface area contributed by atoms with Gasteiger partial charge in [0.1, 0.15) is 5.69 Å². The molecule has 78 valence electrons. The van der Waals surface area contributed by atoms with Crippen LogP contribution in [-0.2, 0) is 11.8 Å². The normalized spacial score (nSPS) is 10.2. The fourth-order valence-corrected chi connectivity index (χ4v) is 1.20. The van der Waals surface area contributed by atoms with Crippen LogP contribution in [0, 0.1) is 13.8 Å². The maximum Gasteiger partial charge on any atom is 0.306 e. The minimum Gasteiger partial charge on any atom is -0.489 e. The largest absolute Gasteiger partial charge is 0.489 e. The first-order valence-corrected chi connectivity index (χ1v) is 4.37. The Labute approximate surface area is 82.3 Å². The lowest BCUT2D eigenvalue weighted by molar-refractivity contribution is -0.137. The van der Waals surface area contributed by atoms with E-state index in [0.29, 0.717) is 5.75 Å². The molecule has 5 nitrogen and oxygen atoms in total. The van der Waals surface area contributed by atoms with Crippen LogP contribution in [0.1, 0.15) is 17.8 Å². The zero-order valence-corrected chi connectivity index (χ0v) is 8.57. The predicted molar refractivity (Wildman–Crippen MR) is 50.4 cm³/mol. The number of nitrogens with zero attached hydrogens (tertiary/aromatic N) is 2. The quantitative estimate of drug-likeness (QED) is 0.780. The van der Waals surface area contributed by atoms with Crippen molar-refractivity contribution in [1.29, 1.82) is 0 Å². The molecule has 1 aromatic rings. The number of carbonyl (C=O) groups is 1. The number of aryl methyl sites for hydroxylation is 2. The van der Waals surface area contributed by atoms with Crippen molar-refractivity contribution in [3.8, 4) is 5.75 Å². The number of aromatic nitrogens is 2. The molecule has 0 saturated heterocycles. The molecule has 1 heterocycles. The maximum atomic E-state index is 10.3. The van der Waals surface area contributed by atoms with E-state index in [0.717, 1.165) is 11.4 Å². The van der Waals surface area contributed by atoms with Crippen molar-refractivity contribution in [2.45, 2.75) is 20.3 Å². The highest BCUT2D eigenvalue weighted by molar-refractivity contribution is 5.66. The monoisotopic (exact) mass is 198 g/mol. The van der Waals surface area contributed by atoms with Crippen molar-refractivity contribution < 1.29 is 14.6 Å².